The molecule has 5 N–H and O–H groups in total. The number of fused-ring (bicyclic) bond motifs is 6. The maximum absolute atomic E-state index is 13.7. The molecule has 1 amide bonds. The van der Waals surface area contributed by atoms with Crippen LogP contribution in [0.2, 0.25) is 0 Å². The molecule has 2 atom stereocenters. The van der Waals surface area contributed by atoms with Crippen molar-refractivity contribution in [3.63, 3.8) is 0 Å². The highest BCUT2D eigenvalue weighted by Crippen LogP contribution is 2.42. The molecule has 0 saturated heterocycles. The zero-order valence-corrected chi connectivity index (χ0v) is 37.5. The van der Waals surface area contributed by atoms with E-state index in [1.807, 2.05) is 44.5 Å². The fourth-order valence-electron chi connectivity index (χ4n) is 9.23. The van der Waals surface area contributed by atoms with E-state index in [0.29, 0.717) is 46.0 Å². The van der Waals surface area contributed by atoms with Crippen LogP contribution in [-0.4, -0.2) is 98.4 Å². The van der Waals surface area contributed by atoms with Gasteiger partial charge in [0, 0.05) is 60.7 Å². The second kappa shape index (κ2) is 16.3. The number of aromatic amines is 1. The van der Waals surface area contributed by atoms with E-state index in [4.69, 9.17) is 14.5 Å². The topological polar surface area (TPSA) is 230 Å². The predicted octanol–water partition coefficient (Wildman–Crippen LogP) is 5.26. The van der Waals surface area contributed by atoms with Gasteiger partial charge in [0.1, 0.15) is 30.1 Å². The number of aromatic nitrogens is 6. The Morgan fingerprint density at radius 1 is 0.985 bits per heavy atom. The fourth-order valence-corrected chi connectivity index (χ4v) is 9.23. The Morgan fingerprint density at radius 3 is 2.48 bits per heavy atom. The van der Waals surface area contributed by atoms with E-state index in [1.54, 1.807) is 73.0 Å². The number of amides is 1. The second-order valence-corrected chi connectivity index (χ2v) is 17.3. The first-order chi connectivity index (χ1) is 31.4. The van der Waals surface area contributed by atoms with Crippen LogP contribution in [0.4, 0.5) is 4.79 Å². The first-order valence-electron chi connectivity index (χ1n) is 21.7. The average Bonchev–Trinajstić information content (AvgIpc) is 3.97. The number of hydrogen-bond donors (Lipinski definition) is 5. The minimum absolute atomic E-state index is 0.0434. The molecule has 0 bridgehead atoms. The third-order valence-electron chi connectivity index (χ3n) is 13.1. The summed E-state index contributed by atoms with van der Waals surface area (Å²) in [5.74, 6) is -0.669. The molecule has 2 unspecified atom stereocenters. The van der Waals surface area contributed by atoms with Crippen molar-refractivity contribution in [2.45, 2.75) is 71.4 Å². The Hall–Kier alpha value is -7.28. The van der Waals surface area contributed by atoms with Crippen LogP contribution in [0.25, 0.3) is 50.3 Å². The third-order valence-corrected chi connectivity index (χ3v) is 13.1. The van der Waals surface area contributed by atoms with Crippen LogP contribution in [0.15, 0.2) is 70.3 Å². The van der Waals surface area contributed by atoms with Crippen LogP contribution >= 0.6 is 0 Å². The Bertz CT molecular complexity index is 3270. The van der Waals surface area contributed by atoms with Gasteiger partial charge < -0.3 is 43.9 Å². The standard InChI is InChI=1S/C48H50N8O10/c1-8-28-30-18-27(11-12-35(30)49-41-32(28)22-55-37(41)20-34-33(43(55)59)23-65-45(61)48(34,64)9-2)66-47(63)53(6)15-14-52(5)44(60)38-17-25-16-26(10-13-36(25)54(38)7)56-42(50-51-46(56)62)31-19-29(24(3)4)39(57)21-40(31)58/h10-13,16-21,24,44,57-58,60,64H,8-9,14-15,22-23H2,1-7H3,(H,51,62). The maximum Gasteiger partial charge on any atom is 0.415 e. The summed E-state index contributed by atoms with van der Waals surface area (Å²) >= 11 is 0. The minimum Gasteiger partial charge on any atom is -0.508 e. The second-order valence-electron chi connectivity index (χ2n) is 17.3. The number of esters is 1. The highest BCUT2D eigenvalue weighted by Gasteiger charge is 2.45. The number of carbonyl (C=O) groups is 2. The van der Waals surface area contributed by atoms with Gasteiger partial charge in [0.25, 0.3) is 5.56 Å². The number of cyclic esters (lactones) is 1. The smallest absolute Gasteiger partial charge is 0.415 e. The van der Waals surface area contributed by atoms with Crippen LogP contribution in [0.1, 0.15) is 79.8 Å². The van der Waals surface area contributed by atoms with Crippen LogP contribution in [0, 0.1) is 0 Å². The zero-order valence-electron chi connectivity index (χ0n) is 37.5. The van der Waals surface area contributed by atoms with Crippen molar-refractivity contribution in [1.82, 2.24) is 38.7 Å². The molecule has 7 aromatic rings. The number of carbonyl (C=O) groups excluding carboxylic acids is 2. The molecule has 0 radical (unpaired) electrons. The molecule has 0 fully saturated rings. The molecule has 0 spiro atoms. The average molecular weight is 899 g/mol. The van der Waals surface area contributed by atoms with Crippen molar-refractivity contribution in [2.24, 2.45) is 7.05 Å². The number of rotatable bonds is 11. The first kappa shape index (κ1) is 43.9. The molecule has 0 aliphatic carbocycles. The number of nitrogens with zero attached hydrogens (tertiary/aromatic N) is 7. The van der Waals surface area contributed by atoms with Crippen molar-refractivity contribution in [1.29, 1.82) is 0 Å². The van der Waals surface area contributed by atoms with Gasteiger partial charge in [-0.2, -0.15) is 5.10 Å². The van der Waals surface area contributed by atoms with Gasteiger partial charge in [0.2, 0.25) is 0 Å². The van der Waals surface area contributed by atoms with E-state index in [-0.39, 0.29) is 78.2 Å². The number of benzene rings is 3. The summed E-state index contributed by atoms with van der Waals surface area (Å²) in [5, 5.41) is 52.1. The highest BCUT2D eigenvalue weighted by atomic mass is 16.6. The van der Waals surface area contributed by atoms with Gasteiger partial charge in [0.05, 0.1) is 46.0 Å². The van der Waals surface area contributed by atoms with Crippen molar-refractivity contribution < 1.29 is 39.5 Å². The van der Waals surface area contributed by atoms with Crippen molar-refractivity contribution in [3.05, 3.63) is 115 Å². The van der Waals surface area contributed by atoms with Gasteiger partial charge in [0.15, 0.2) is 11.4 Å². The summed E-state index contributed by atoms with van der Waals surface area (Å²) in [6.45, 7) is 7.97. The normalized spacial score (nSPS) is 15.9. The van der Waals surface area contributed by atoms with Crippen LogP contribution in [0.5, 0.6) is 17.2 Å². The number of aliphatic hydroxyl groups excluding tert-OH is 1. The SMILES string of the molecule is CCc1c2c(nc3ccc(OC(=O)N(C)CCN(C)C(O)c4cc5cc(-n6c(-c7cc(C(C)C)c(O)cc7O)n[nH]c6=O)ccc5n4C)cc13)-c1cc3c(c(=O)n1C2)COC(=O)C3(O)CC. The van der Waals surface area contributed by atoms with Crippen LogP contribution in [-0.2, 0) is 41.8 Å². The van der Waals surface area contributed by atoms with Gasteiger partial charge >= 0.3 is 17.8 Å². The highest BCUT2D eigenvalue weighted by molar-refractivity contribution is 5.90. The number of aryl methyl sites for hydroxylation is 2. The third kappa shape index (κ3) is 6.99. The number of ether oxygens (including phenoxy) is 2. The summed E-state index contributed by atoms with van der Waals surface area (Å²) in [4.78, 5) is 60.9. The zero-order chi connectivity index (χ0) is 47.1. The number of hydrogen-bond acceptors (Lipinski definition) is 13. The maximum atomic E-state index is 13.7. The number of phenolic OH excluding ortho intramolecular Hbond substituents is 2. The molecule has 2 aliphatic rings. The van der Waals surface area contributed by atoms with E-state index < -0.39 is 29.6 Å². The van der Waals surface area contributed by atoms with E-state index in [1.165, 1.54) is 15.5 Å². The molecule has 4 aromatic heterocycles. The molecular formula is C48H50N8O10. The molecule has 9 rings (SSSR count). The van der Waals surface area contributed by atoms with E-state index in [9.17, 15) is 39.6 Å². The predicted molar refractivity (Wildman–Crippen MR) is 244 cm³/mol. The summed E-state index contributed by atoms with van der Waals surface area (Å²) in [6.07, 6.45) is -1.05. The quantitative estimate of drug-likeness (QED) is 0.0825. The lowest BCUT2D eigenvalue weighted by Crippen LogP contribution is -2.44. The summed E-state index contributed by atoms with van der Waals surface area (Å²) in [7, 11) is 5.16. The van der Waals surface area contributed by atoms with Crippen molar-refractivity contribution >= 4 is 33.9 Å². The van der Waals surface area contributed by atoms with Gasteiger partial charge in [-0.05, 0) is 91.5 Å². The first-order valence-corrected chi connectivity index (χ1v) is 21.7. The van der Waals surface area contributed by atoms with Crippen molar-refractivity contribution in [2.75, 3.05) is 27.2 Å². The van der Waals surface area contributed by atoms with Crippen LogP contribution in [0.3, 0.4) is 0 Å². The molecule has 18 heteroatoms. The summed E-state index contributed by atoms with van der Waals surface area (Å²) < 4.78 is 15.8. The Balaban J connectivity index is 0.897. The summed E-state index contributed by atoms with van der Waals surface area (Å²) in [6, 6.07) is 16.9. The van der Waals surface area contributed by atoms with E-state index in [2.05, 4.69) is 10.2 Å². The number of aliphatic hydroxyl groups is 2. The van der Waals surface area contributed by atoms with Crippen LogP contribution < -0.4 is 16.0 Å². The molecule has 18 nitrogen and oxygen atoms in total. The van der Waals surface area contributed by atoms with Crippen molar-refractivity contribution in [3.8, 4) is 45.7 Å². The molecule has 66 heavy (non-hydrogen) atoms. The minimum atomic E-state index is -1.93. The molecule has 342 valence electrons. The van der Waals surface area contributed by atoms with Gasteiger partial charge in [-0.15, -0.1) is 0 Å². The Kier molecular flexibility index (Phi) is 10.9. The van der Waals surface area contributed by atoms with Gasteiger partial charge in [-0.3, -0.25) is 9.69 Å². The number of phenols is 2. The Labute approximate surface area is 377 Å². The number of H-pyrrole nitrogens is 1. The monoisotopic (exact) mass is 898 g/mol. The molecule has 3 aromatic carbocycles. The number of likely N-dealkylation sites (N-methyl/N-ethyl adjacent to an activating group) is 2. The Morgan fingerprint density at radius 2 is 1.76 bits per heavy atom. The van der Waals surface area contributed by atoms with Gasteiger partial charge in [-0.1, -0.05) is 27.7 Å². The van der Waals surface area contributed by atoms with E-state index >= 15 is 0 Å². The molecular weight excluding hydrogens is 849 g/mol. The van der Waals surface area contributed by atoms with Gasteiger partial charge in [-0.25, -0.2) is 29.0 Å². The number of pyridine rings is 2. The lowest BCUT2D eigenvalue weighted by Gasteiger charge is -2.31. The molecule has 6 heterocycles. The summed E-state index contributed by atoms with van der Waals surface area (Å²) in [5.41, 5.74) is 3.86. The lowest BCUT2D eigenvalue weighted by molar-refractivity contribution is -0.172. The number of nitrogens with one attached hydrogen (secondary N) is 1. The van der Waals surface area contributed by atoms with E-state index in [0.717, 1.165) is 27.4 Å². The fraction of sp³-hybridized carbons (Fsp3) is 0.333. The number of aromatic hydroxyl groups is 2. The molecule has 2 aliphatic heterocycles. The largest absolute Gasteiger partial charge is 0.508 e. The lowest BCUT2D eigenvalue weighted by atomic mass is 9.86. The molecule has 0 saturated carbocycles.